The fourth-order valence-electron chi connectivity index (χ4n) is 1.81. The third-order valence-corrected chi connectivity index (χ3v) is 2.92. The molecular weight excluding hydrogens is 209 g/mol. The summed E-state index contributed by atoms with van der Waals surface area (Å²) in [6, 6.07) is 6.59. The molecule has 3 nitrogen and oxygen atoms in total. The SMILES string of the molecule is O=C(O)C1CC1CNCc1ccccc1F. The lowest BCUT2D eigenvalue weighted by Gasteiger charge is -2.04. The topological polar surface area (TPSA) is 49.3 Å². The van der Waals surface area contributed by atoms with Crippen molar-refractivity contribution in [2.45, 2.75) is 13.0 Å². The van der Waals surface area contributed by atoms with Crippen LogP contribution in [0.2, 0.25) is 0 Å². The second-order valence-corrected chi connectivity index (χ2v) is 4.16. The molecule has 0 aliphatic heterocycles. The molecule has 0 radical (unpaired) electrons. The van der Waals surface area contributed by atoms with Crippen molar-refractivity contribution in [3.8, 4) is 0 Å². The van der Waals surface area contributed by atoms with E-state index in [1.807, 2.05) is 0 Å². The molecule has 4 heteroatoms. The Morgan fingerprint density at radius 1 is 1.50 bits per heavy atom. The summed E-state index contributed by atoms with van der Waals surface area (Å²) in [7, 11) is 0. The number of hydrogen-bond acceptors (Lipinski definition) is 2. The molecule has 1 aliphatic rings. The second-order valence-electron chi connectivity index (χ2n) is 4.16. The molecule has 0 heterocycles. The van der Waals surface area contributed by atoms with Gasteiger partial charge in [0.2, 0.25) is 0 Å². The van der Waals surface area contributed by atoms with Crippen LogP contribution in [-0.4, -0.2) is 17.6 Å². The third kappa shape index (κ3) is 2.58. The van der Waals surface area contributed by atoms with Gasteiger partial charge in [-0.3, -0.25) is 4.79 Å². The van der Waals surface area contributed by atoms with Crippen LogP contribution in [0.4, 0.5) is 4.39 Å². The molecule has 1 aromatic carbocycles. The van der Waals surface area contributed by atoms with E-state index < -0.39 is 5.97 Å². The molecule has 0 aromatic heterocycles. The third-order valence-electron chi connectivity index (χ3n) is 2.92. The summed E-state index contributed by atoms with van der Waals surface area (Å²) in [5.41, 5.74) is 0.620. The van der Waals surface area contributed by atoms with Crippen molar-refractivity contribution in [2.24, 2.45) is 11.8 Å². The first-order valence-electron chi connectivity index (χ1n) is 5.35. The fraction of sp³-hybridized carbons (Fsp3) is 0.417. The molecule has 16 heavy (non-hydrogen) atoms. The van der Waals surface area contributed by atoms with Crippen molar-refractivity contribution in [3.63, 3.8) is 0 Å². The normalized spacial score (nSPS) is 23.1. The lowest BCUT2D eigenvalue weighted by Crippen LogP contribution is -2.18. The van der Waals surface area contributed by atoms with Crippen LogP contribution in [0.5, 0.6) is 0 Å². The molecule has 86 valence electrons. The summed E-state index contributed by atoms with van der Waals surface area (Å²) in [4.78, 5) is 10.6. The molecule has 0 spiro atoms. The van der Waals surface area contributed by atoms with Crippen LogP contribution in [0.15, 0.2) is 24.3 Å². The Morgan fingerprint density at radius 3 is 2.88 bits per heavy atom. The van der Waals surface area contributed by atoms with Gasteiger partial charge in [0.05, 0.1) is 5.92 Å². The summed E-state index contributed by atoms with van der Waals surface area (Å²) in [5, 5.41) is 11.8. The standard InChI is InChI=1S/C12H14FNO2/c13-11-4-2-1-3-8(11)6-14-7-9-5-10(9)12(15)16/h1-4,9-10,14H,5-7H2,(H,15,16). The van der Waals surface area contributed by atoms with Gasteiger partial charge in [0.1, 0.15) is 5.82 Å². The van der Waals surface area contributed by atoms with Crippen LogP contribution in [0.3, 0.4) is 0 Å². The zero-order chi connectivity index (χ0) is 11.5. The Labute approximate surface area is 93.3 Å². The van der Waals surface area contributed by atoms with Crippen LogP contribution < -0.4 is 5.32 Å². The number of aliphatic carboxylic acids is 1. The van der Waals surface area contributed by atoms with Crippen molar-refractivity contribution in [2.75, 3.05) is 6.54 Å². The molecule has 2 rings (SSSR count). The number of hydrogen-bond donors (Lipinski definition) is 2. The first kappa shape index (κ1) is 11.1. The minimum Gasteiger partial charge on any atom is -0.481 e. The Hall–Kier alpha value is -1.42. The monoisotopic (exact) mass is 223 g/mol. The van der Waals surface area contributed by atoms with E-state index in [2.05, 4.69) is 5.32 Å². The van der Waals surface area contributed by atoms with E-state index in [-0.39, 0.29) is 17.7 Å². The van der Waals surface area contributed by atoms with Gasteiger partial charge in [-0.2, -0.15) is 0 Å². The first-order valence-corrected chi connectivity index (χ1v) is 5.35. The van der Waals surface area contributed by atoms with E-state index in [0.717, 1.165) is 6.42 Å². The van der Waals surface area contributed by atoms with Gasteiger partial charge >= 0.3 is 5.97 Å². The Bertz CT molecular complexity index is 394. The number of carboxylic acid groups (broad SMARTS) is 1. The lowest BCUT2D eigenvalue weighted by atomic mass is 10.2. The minimum atomic E-state index is -0.724. The van der Waals surface area contributed by atoms with Gasteiger partial charge in [-0.05, 0) is 24.9 Å². The summed E-state index contributed by atoms with van der Waals surface area (Å²) >= 11 is 0. The van der Waals surface area contributed by atoms with Gasteiger partial charge in [0.15, 0.2) is 0 Å². The zero-order valence-corrected chi connectivity index (χ0v) is 8.82. The first-order chi connectivity index (χ1) is 7.68. The van der Waals surface area contributed by atoms with Crippen molar-refractivity contribution in [3.05, 3.63) is 35.6 Å². The quantitative estimate of drug-likeness (QED) is 0.797. The van der Waals surface area contributed by atoms with Crippen molar-refractivity contribution >= 4 is 5.97 Å². The number of nitrogens with one attached hydrogen (secondary N) is 1. The van der Waals surface area contributed by atoms with Crippen LogP contribution in [0.25, 0.3) is 0 Å². The summed E-state index contributed by atoms with van der Waals surface area (Å²) in [6.07, 6.45) is 0.736. The summed E-state index contributed by atoms with van der Waals surface area (Å²) in [6.45, 7) is 1.10. The van der Waals surface area contributed by atoms with Gasteiger partial charge in [-0.25, -0.2) is 4.39 Å². The van der Waals surface area contributed by atoms with E-state index in [1.54, 1.807) is 18.2 Å². The Morgan fingerprint density at radius 2 is 2.25 bits per heavy atom. The lowest BCUT2D eigenvalue weighted by molar-refractivity contribution is -0.138. The van der Waals surface area contributed by atoms with Crippen LogP contribution in [-0.2, 0) is 11.3 Å². The van der Waals surface area contributed by atoms with Crippen LogP contribution >= 0.6 is 0 Å². The summed E-state index contributed by atoms with van der Waals surface area (Å²) < 4.78 is 13.2. The second kappa shape index (κ2) is 4.61. The highest BCUT2D eigenvalue weighted by atomic mass is 19.1. The highest BCUT2D eigenvalue weighted by Crippen LogP contribution is 2.37. The average Bonchev–Trinajstić information content (AvgIpc) is 3.00. The van der Waals surface area contributed by atoms with Crippen molar-refractivity contribution in [1.29, 1.82) is 0 Å². The van der Waals surface area contributed by atoms with Gasteiger partial charge in [0.25, 0.3) is 0 Å². The molecule has 1 aliphatic carbocycles. The van der Waals surface area contributed by atoms with Crippen LogP contribution in [0, 0.1) is 17.7 Å². The van der Waals surface area contributed by atoms with Crippen LogP contribution in [0.1, 0.15) is 12.0 Å². The number of carboxylic acids is 1. The molecule has 2 atom stereocenters. The van der Waals surface area contributed by atoms with E-state index in [0.29, 0.717) is 18.7 Å². The number of carbonyl (C=O) groups is 1. The van der Waals surface area contributed by atoms with Gasteiger partial charge < -0.3 is 10.4 Å². The summed E-state index contributed by atoms with van der Waals surface area (Å²) in [5.74, 6) is -0.935. The maximum atomic E-state index is 13.2. The van der Waals surface area contributed by atoms with Gasteiger partial charge in [-0.15, -0.1) is 0 Å². The average molecular weight is 223 g/mol. The minimum absolute atomic E-state index is 0.201. The highest BCUT2D eigenvalue weighted by molar-refractivity contribution is 5.73. The van der Waals surface area contributed by atoms with E-state index in [9.17, 15) is 9.18 Å². The van der Waals surface area contributed by atoms with Crippen molar-refractivity contribution in [1.82, 2.24) is 5.32 Å². The van der Waals surface area contributed by atoms with E-state index in [1.165, 1.54) is 6.07 Å². The Balaban J connectivity index is 1.74. The highest BCUT2D eigenvalue weighted by Gasteiger charge is 2.42. The maximum absolute atomic E-state index is 13.2. The smallest absolute Gasteiger partial charge is 0.306 e. The molecule has 0 saturated heterocycles. The maximum Gasteiger partial charge on any atom is 0.306 e. The molecule has 2 unspecified atom stereocenters. The van der Waals surface area contributed by atoms with Crippen molar-refractivity contribution < 1.29 is 14.3 Å². The molecule has 0 bridgehead atoms. The molecule has 1 fully saturated rings. The molecule has 1 aromatic rings. The number of halogens is 1. The largest absolute Gasteiger partial charge is 0.481 e. The molecule has 0 amide bonds. The number of benzene rings is 1. The van der Waals surface area contributed by atoms with Gasteiger partial charge in [0, 0.05) is 12.1 Å². The molecule has 1 saturated carbocycles. The predicted molar refractivity (Wildman–Crippen MR) is 57.3 cm³/mol. The number of rotatable bonds is 5. The fourth-order valence-corrected chi connectivity index (χ4v) is 1.81. The Kier molecular flexibility index (Phi) is 3.19. The van der Waals surface area contributed by atoms with E-state index >= 15 is 0 Å². The van der Waals surface area contributed by atoms with Gasteiger partial charge in [-0.1, -0.05) is 18.2 Å². The predicted octanol–water partition coefficient (Wildman–Crippen LogP) is 1.64. The molecule has 2 N–H and O–H groups in total. The molecular formula is C12H14FNO2. The van der Waals surface area contributed by atoms with E-state index in [4.69, 9.17) is 5.11 Å². The zero-order valence-electron chi connectivity index (χ0n) is 8.82.